The van der Waals surface area contributed by atoms with Crippen LogP contribution in [-0.4, -0.2) is 24.3 Å². The number of carbonyl (C=O) groups excluding carboxylic acids is 1. The molecule has 1 N–H and O–H groups in total. The lowest BCUT2D eigenvalue weighted by Gasteiger charge is -1.95. The normalized spacial score (nSPS) is 8.00. The summed E-state index contributed by atoms with van der Waals surface area (Å²) in [6, 6.07) is 1.75. The maximum atomic E-state index is 9.82. The molecular formula is C14H29NO3. The number of hydrogen-bond donors (Lipinski definition) is 1. The molecule has 0 amide bonds. The quantitative estimate of drug-likeness (QED) is 0.561. The van der Waals surface area contributed by atoms with Crippen LogP contribution in [0.25, 0.3) is 0 Å². The third-order valence-electron chi connectivity index (χ3n) is 1.86. The molecule has 18 heavy (non-hydrogen) atoms. The number of hydrogen-bond acceptors (Lipinski definition) is 4. The van der Waals surface area contributed by atoms with Crippen LogP contribution in [0.2, 0.25) is 0 Å². The van der Waals surface area contributed by atoms with E-state index in [-0.39, 0.29) is 5.97 Å². The van der Waals surface area contributed by atoms with Gasteiger partial charge in [-0.15, -0.1) is 0 Å². The smallest absolute Gasteiger partial charge is 0.302 e. The lowest BCUT2D eigenvalue weighted by Crippen LogP contribution is -1.95. The van der Waals surface area contributed by atoms with Gasteiger partial charge in [-0.2, -0.15) is 5.26 Å². The number of unbranched alkanes of at least 4 members (excludes halogenated alkanes) is 5. The lowest BCUT2D eigenvalue weighted by molar-refractivity contribution is -0.140. The number of rotatable bonds is 7. The van der Waals surface area contributed by atoms with Gasteiger partial charge in [0.1, 0.15) is 0 Å². The molecule has 0 saturated heterocycles. The SMILES string of the molecule is CC#N.CCCCCCCCO.CCOC(C)=O. The fourth-order valence-corrected chi connectivity index (χ4v) is 1.10. The van der Waals surface area contributed by atoms with Gasteiger partial charge in [-0.3, -0.25) is 4.79 Å². The molecule has 0 saturated carbocycles. The first-order chi connectivity index (χ1) is 8.60. The van der Waals surface area contributed by atoms with E-state index in [2.05, 4.69) is 11.7 Å². The van der Waals surface area contributed by atoms with Gasteiger partial charge in [0.15, 0.2) is 0 Å². The molecule has 0 aromatic carbocycles. The van der Waals surface area contributed by atoms with Crippen LogP contribution >= 0.6 is 0 Å². The van der Waals surface area contributed by atoms with Crippen molar-refractivity contribution in [2.24, 2.45) is 0 Å². The molecule has 0 rings (SSSR count). The van der Waals surface area contributed by atoms with E-state index in [0.29, 0.717) is 13.2 Å². The van der Waals surface area contributed by atoms with Gasteiger partial charge in [0.25, 0.3) is 0 Å². The fourth-order valence-electron chi connectivity index (χ4n) is 1.10. The zero-order valence-corrected chi connectivity index (χ0v) is 12.4. The van der Waals surface area contributed by atoms with Gasteiger partial charge in [0, 0.05) is 20.5 Å². The van der Waals surface area contributed by atoms with Crippen molar-refractivity contribution in [2.75, 3.05) is 13.2 Å². The summed E-state index contributed by atoms with van der Waals surface area (Å²) in [6.07, 6.45) is 7.50. The molecule has 0 atom stereocenters. The van der Waals surface area contributed by atoms with Gasteiger partial charge in [-0.05, 0) is 13.3 Å². The van der Waals surface area contributed by atoms with E-state index in [9.17, 15) is 4.79 Å². The first-order valence-corrected chi connectivity index (χ1v) is 6.65. The third kappa shape index (κ3) is 46.1. The summed E-state index contributed by atoms with van der Waals surface area (Å²) >= 11 is 0. The molecule has 4 nitrogen and oxygen atoms in total. The van der Waals surface area contributed by atoms with Crippen LogP contribution in [0.1, 0.15) is 66.2 Å². The molecular weight excluding hydrogens is 230 g/mol. The predicted octanol–water partition coefficient (Wildman–Crippen LogP) is 3.44. The van der Waals surface area contributed by atoms with Gasteiger partial charge in [-0.25, -0.2) is 0 Å². The number of nitrogens with zero attached hydrogens (tertiary/aromatic N) is 1. The minimum Gasteiger partial charge on any atom is -0.466 e. The summed E-state index contributed by atoms with van der Waals surface area (Å²) in [4.78, 5) is 9.82. The second kappa shape index (κ2) is 24.9. The molecule has 0 radical (unpaired) electrons. The summed E-state index contributed by atoms with van der Waals surface area (Å²) in [6.45, 7) is 7.67. The molecule has 0 aromatic rings. The Morgan fingerprint density at radius 1 is 1.17 bits per heavy atom. The Kier molecular flexibility index (Phi) is 30.7. The molecule has 4 heteroatoms. The summed E-state index contributed by atoms with van der Waals surface area (Å²) in [5.41, 5.74) is 0. The largest absolute Gasteiger partial charge is 0.466 e. The molecule has 108 valence electrons. The fraction of sp³-hybridized carbons (Fsp3) is 0.857. The number of aliphatic hydroxyl groups is 1. The number of esters is 1. The van der Waals surface area contributed by atoms with Crippen molar-refractivity contribution in [1.29, 1.82) is 5.26 Å². The maximum absolute atomic E-state index is 9.82. The minimum atomic E-state index is -0.211. The van der Waals surface area contributed by atoms with Crippen LogP contribution in [0.5, 0.6) is 0 Å². The Labute approximate surface area is 112 Å². The number of ether oxygens (including phenoxy) is 1. The Morgan fingerprint density at radius 2 is 1.61 bits per heavy atom. The summed E-state index contributed by atoms with van der Waals surface area (Å²) in [5, 5.41) is 15.7. The molecule has 0 heterocycles. The predicted molar refractivity (Wildman–Crippen MR) is 74.1 cm³/mol. The second-order valence-corrected chi connectivity index (χ2v) is 3.64. The molecule has 0 spiro atoms. The maximum Gasteiger partial charge on any atom is 0.302 e. The van der Waals surface area contributed by atoms with Gasteiger partial charge in [0.2, 0.25) is 0 Å². The molecule has 0 unspecified atom stereocenters. The van der Waals surface area contributed by atoms with Gasteiger partial charge in [-0.1, -0.05) is 39.0 Å². The molecule has 0 aliphatic heterocycles. The second-order valence-electron chi connectivity index (χ2n) is 3.64. The zero-order chi connectivity index (χ0) is 14.6. The highest BCUT2D eigenvalue weighted by Gasteiger charge is 1.86. The Bertz CT molecular complexity index is 182. The summed E-state index contributed by atoms with van der Waals surface area (Å²) < 4.78 is 4.40. The van der Waals surface area contributed by atoms with Crippen LogP contribution in [0.4, 0.5) is 0 Å². The lowest BCUT2D eigenvalue weighted by atomic mass is 10.1. The van der Waals surface area contributed by atoms with Crippen LogP contribution in [0, 0.1) is 11.3 Å². The number of aliphatic hydroxyl groups excluding tert-OH is 1. The molecule has 0 aliphatic rings. The summed E-state index contributed by atoms with van der Waals surface area (Å²) in [7, 11) is 0. The highest BCUT2D eigenvalue weighted by Crippen LogP contribution is 2.03. The van der Waals surface area contributed by atoms with Crippen LogP contribution in [0.3, 0.4) is 0 Å². The van der Waals surface area contributed by atoms with Crippen LogP contribution < -0.4 is 0 Å². The van der Waals surface area contributed by atoms with Gasteiger partial charge >= 0.3 is 5.97 Å². The van der Waals surface area contributed by atoms with Crippen molar-refractivity contribution < 1.29 is 14.6 Å². The minimum absolute atomic E-state index is 0.211. The Hall–Kier alpha value is -1.08. The number of nitriles is 1. The molecule has 0 bridgehead atoms. The van der Waals surface area contributed by atoms with Crippen molar-refractivity contribution in [2.45, 2.75) is 66.2 Å². The van der Waals surface area contributed by atoms with Crippen molar-refractivity contribution in [3.05, 3.63) is 0 Å². The molecule has 0 fully saturated rings. The highest BCUT2D eigenvalue weighted by molar-refractivity contribution is 5.65. The molecule has 0 aromatic heterocycles. The van der Waals surface area contributed by atoms with Crippen LogP contribution in [0.15, 0.2) is 0 Å². The van der Waals surface area contributed by atoms with E-state index in [0.717, 1.165) is 6.42 Å². The van der Waals surface area contributed by atoms with E-state index >= 15 is 0 Å². The topological polar surface area (TPSA) is 70.3 Å². The van der Waals surface area contributed by atoms with E-state index in [4.69, 9.17) is 10.4 Å². The first-order valence-electron chi connectivity index (χ1n) is 6.65. The van der Waals surface area contributed by atoms with E-state index in [1.165, 1.54) is 46.0 Å². The number of carbonyl (C=O) groups is 1. The van der Waals surface area contributed by atoms with Crippen molar-refractivity contribution in [3.8, 4) is 6.07 Å². The van der Waals surface area contributed by atoms with Gasteiger partial charge < -0.3 is 9.84 Å². The first kappa shape index (κ1) is 22.1. The van der Waals surface area contributed by atoms with E-state index in [1.807, 2.05) is 0 Å². The Balaban J connectivity index is -0.000000216. The van der Waals surface area contributed by atoms with Crippen molar-refractivity contribution in [1.82, 2.24) is 0 Å². The third-order valence-corrected chi connectivity index (χ3v) is 1.86. The zero-order valence-electron chi connectivity index (χ0n) is 12.4. The standard InChI is InChI=1S/C8H18O.C4H8O2.C2H3N/c1-2-3-4-5-6-7-8-9;1-3-6-4(2)5;1-2-3/h9H,2-8H2,1H3;3H2,1-2H3;1H3. The van der Waals surface area contributed by atoms with Crippen LogP contribution in [-0.2, 0) is 9.53 Å². The van der Waals surface area contributed by atoms with E-state index in [1.54, 1.807) is 13.0 Å². The Morgan fingerprint density at radius 3 is 1.89 bits per heavy atom. The molecule has 0 aliphatic carbocycles. The van der Waals surface area contributed by atoms with Crippen molar-refractivity contribution >= 4 is 5.97 Å². The van der Waals surface area contributed by atoms with E-state index < -0.39 is 0 Å². The summed E-state index contributed by atoms with van der Waals surface area (Å²) in [5.74, 6) is -0.211. The monoisotopic (exact) mass is 259 g/mol. The van der Waals surface area contributed by atoms with Gasteiger partial charge in [0.05, 0.1) is 12.7 Å². The average Bonchev–Trinajstić information content (AvgIpc) is 2.31. The van der Waals surface area contributed by atoms with Crippen molar-refractivity contribution in [3.63, 3.8) is 0 Å². The highest BCUT2D eigenvalue weighted by atomic mass is 16.5. The average molecular weight is 259 g/mol.